The van der Waals surface area contributed by atoms with Crippen molar-refractivity contribution in [3.05, 3.63) is 29.8 Å². The largest absolute Gasteiger partial charge is 0.471 e. The molecule has 1 saturated heterocycles. The molecule has 0 spiro atoms. The smallest absolute Gasteiger partial charge is 0.337 e. The predicted molar refractivity (Wildman–Crippen MR) is 78.6 cm³/mol. The first-order chi connectivity index (χ1) is 10.9. The molecule has 2 rings (SSSR count). The fraction of sp³-hybridized carbons (Fsp3) is 0.375. The molecule has 0 aromatic heterocycles. The van der Waals surface area contributed by atoms with Gasteiger partial charge in [0.1, 0.15) is 0 Å². The highest BCUT2D eigenvalue weighted by Crippen LogP contribution is 2.21. The number of benzene rings is 1. The van der Waals surface area contributed by atoms with Crippen LogP contribution in [0.2, 0.25) is 0 Å². The van der Waals surface area contributed by atoms with E-state index in [0.717, 1.165) is 18.5 Å². The van der Waals surface area contributed by atoms with Gasteiger partial charge < -0.3 is 10.2 Å². The van der Waals surface area contributed by atoms with Crippen LogP contribution in [0, 0.1) is 11.8 Å². The van der Waals surface area contributed by atoms with Crippen LogP contribution in [0.25, 0.3) is 0 Å². The van der Waals surface area contributed by atoms with Crippen molar-refractivity contribution >= 4 is 17.5 Å². The number of hydrogen-bond acceptors (Lipinski definition) is 2. The fourth-order valence-electron chi connectivity index (χ4n) is 2.17. The summed E-state index contributed by atoms with van der Waals surface area (Å²) in [6, 6.07) is 6.88. The molecule has 0 atom stereocenters. The Bertz CT molecular complexity index is 642. The SMILES string of the molecule is O=C1CCCCN1c1ccc(C#CCNC(=O)C(F)(F)F)cc1. The molecule has 1 N–H and O–H groups in total. The van der Waals surface area contributed by atoms with Crippen molar-refractivity contribution in [2.75, 3.05) is 18.0 Å². The van der Waals surface area contributed by atoms with E-state index >= 15 is 0 Å². The minimum Gasteiger partial charge on any atom is -0.337 e. The average molecular weight is 324 g/mol. The molecule has 0 unspecified atom stereocenters. The molecular formula is C16H15F3N2O2. The Morgan fingerprint density at radius 3 is 2.52 bits per heavy atom. The normalized spacial score (nSPS) is 14.9. The van der Waals surface area contributed by atoms with E-state index in [1.54, 1.807) is 34.5 Å². The first kappa shape index (κ1) is 16.9. The van der Waals surface area contributed by atoms with Gasteiger partial charge in [0, 0.05) is 24.2 Å². The summed E-state index contributed by atoms with van der Waals surface area (Å²) < 4.78 is 35.9. The van der Waals surface area contributed by atoms with Crippen LogP contribution in [0.4, 0.5) is 18.9 Å². The van der Waals surface area contributed by atoms with E-state index in [2.05, 4.69) is 11.8 Å². The highest BCUT2D eigenvalue weighted by atomic mass is 19.4. The molecule has 0 bridgehead atoms. The van der Waals surface area contributed by atoms with E-state index in [4.69, 9.17) is 0 Å². The number of anilines is 1. The zero-order chi connectivity index (χ0) is 16.9. The van der Waals surface area contributed by atoms with Gasteiger partial charge in [-0.1, -0.05) is 11.8 Å². The molecule has 23 heavy (non-hydrogen) atoms. The lowest BCUT2D eigenvalue weighted by molar-refractivity contribution is -0.173. The van der Waals surface area contributed by atoms with Crippen molar-refractivity contribution in [3.63, 3.8) is 0 Å². The maximum Gasteiger partial charge on any atom is 0.471 e. The monoisotopic (exact) mass is 324 g/mol. The van der Waals surface area contributed by atoms with Crippen LogP contribution in [-0.2, 0) is 9.59 Å². The Kier molecular flexibility index (Phi) is 5.27. The topological polar surface area (TPSA) is 49.4 Å². The Balaban J connectivity index is 1.92. The van der Waals surface area contributed by atoms with E-state index in [1.807, 2.05) is 0 Å². The van der Waals surface area contributed by atoms with Gasteiger partial charge in [0.05, 0.1) is 6.54 Å². The number of amides is 2. The maximum atomic E-state index is 12.0. The lowest BCUT2D eigenvalue weighted by Gasteiger charge is -2.26. The number of nitrogens with zero attached hydrogens (tertiary/aromatic N) is 1. The molecule has 0 aliphatic carbocycles. The highest BCUT2D eigenvalue weighted by molar-refractivity contribution is 5.94. The van der Waals surface area contributed by atoms with Gasteiger partial charge in [-0.25, -0.2) is 0 Å². The summed E-state index contributed by atoms with van der Waals surface area (Å²) in [5.74, 6) is 3.19. The summed E-state index contributed by atoms with van der Waals surface area (Å²) in [5, 5.41) is 1.67. The molecule has 7 heteroatoms. The summed E-state index contributed by atoms with van der Waals surface area (Å²) in [5.41, 5.74) is 1.38. The number of carbonyl (C=O) groups excluding carboxylic acids is 2. The number of nitrogens with one attached hydrogen (secondary N) is 1. The molecule has 2 amide bonds. The standard InChI is InChI=1S/C16H15F3N2O2/c17-16(18,19)15(23)20-10-3-4-12-6-8-13(9-7-12)21-11-2-1-5-14(21)22/h6-9H,1-2,5,10-11H2,(H,20,23). The second-order valence-corrected chi connectivity index (χ2v) is 5.03. The second-order valence-electron chi connectivity index (χ2n) is 5.03. The number of alkyl halides is 3. The van der Waals surface area contributed by atoms with E-state index in [9.17, 15) is 22.8 Å². The van der Waals surface area contributed by atoms with Crippen molar-refractivity contribution in [2.45, 2.75) is 25.4 Å². The molecule has 1 aliphatic rings. The quantitative estimate of drug-likeness (QED) is 0.848. The number of halogens is 3. The Labute approximate surface area is 131 Å². The molecule has 1 fully saturated rings. The zero-order valence-electron chi connectivity index (χ0n) is 12.2. The van der Waals surface area contributed by atoms with Gasteiger partial charge in [0.25, 0.3) is 0 Å². The molecule has 122 valence electrons. The molecule has 1 aromatic carbocycles. The van der Waals surface area contributed by atoms with Crippen LogP contribution >= 0.6 is 0 Å². The molecule has 1 heterocycles. The minimum atomic E-state index is -4.90. The summed E-state index contributed by atoms with van der Waals surface area (Å²) in [4.78, 5) is 24.1. The van der Waals surface area contributed by atoms with Crippen molar-refractivity contribution in [3.8, 4) is 11.8 Å². The van der Waals surface area contributed by atoms with Crippen LogP contribution in [0.1, 0.15) is 24.8 Å². The van der Waals surface area contributed by atoms with Gasteiger partial charge >= 0.3 is 12.1 Å². The second kappa shape index (κ2) is 7.18. The van der Waals surface area contributed by atoms with E-state index in [-0.39, 0.29) is 12.5 Å². The third kappa shape index (κ3) is 4.74. The van der Waals surface area contributed by atoms with E-state index in [1.165, 1.54) is 0 Å². The predicted octanol–water partition coefficient (Wildman–Crippen LogP) is 2.23. The average Bonchev–Trinajstić information content (AvgIpc) is 2.51. The summed E-state index contributed by atoms with van der Waals surface area (Å²) >= 11 is 0. The van der Waals surface area contributed by atoms with Gasteiger partial charge in [0.15, 0.2) is 0 Å². The molecule has 1 aromatic rings. The first-order valence-electron chi connectivity index (χ1n) is 7.12. The lowest BCUT2D eigenvalue weighted by Crippen LogP contribution is -2.36. The lowest BCUT2D eigenvalue weighted by atomic mass is 10.1. The summed E-state index contributed by atoms with van der Waals surface area (Å²) in [7, 11) is 0. The van der Waals surface area contributed by atoms with Gasteiger partial charge in [0.2, 0.25) is 5.91 Å². The highest BCUT2D eigenvalue weighted by Gasteiger charge is 2.38. The molecule has 0 saturated carbocycles. The Morgan fingerprint density at radius 1 is 1.22 bits per heavy atom. The van der Waals surface area contributed by atoms with E-state index < -0.39 is 12.1 Å². The van der Waals surface area contributed by atoms with Crippen LogP contribution in [-0.4, -0.2) is 31.1 Å². The van der Waals surface area contributed by atoms with Crippen molar-refractivity contribution in [1.82, 2.24) is 5.32 Å². The van der Waals surface area contributed by atoms with Crippen LogP contribution in [0.3, 0.4) is 0 Å². The van der Waals surface area contributed by atoms with Crippen molar-refractivity contribution in [1.29, 1.82) is 0 Å². The number of carbonyl (C=O) groups is 2. The number of hydrogen-bond donors (Lipinski definition) is 1. The third-order valence-corrected chi connectivity index (χ3v) is 3.33. The van der Waals surface area contributed by atoms with E-state index in [0.29, 0.717) is 18.5 Å². The zero-order valence-corrected chi connectivity index (χ0v) is 12.2. The Hall–Kier alpha value is -2.49. The van der Waals surface area contributed by atoms with Crippen molar-refractivity contribution in [2.24, 2.45) is 0 Å². The number of rotatable bonds is 2. The maximum absolute atomic E-state index is 12.0. The Morgan fingerprint density at radius 2 is 1.91 bits per heavy atom. The van der Waals surface area contributed by atoms with Crippen molar-refractivity contribution < 1.29 is 22.8 Å². The van der Waals surface area contributed by atoms with Crippen LogP contribution in [0.5, 0.6) is 0 Å². The first-order valence-corrected chi connectivity index (χ1v) is 7.12. The van der Waals surface area contributed by atoms with Gasteiger partial charge in [-0.05, 0) is 37.1 Å². The fourth-order valence-corrected chi connectivity index (χ4v) is 2.17. The third-order valence-electron chi connectivity index (χ3n) is 3.33. The summed E-state index contributed by atoms with van der Waals surface area (Å²) in [6.07, 6.45) is -2.49. The molecule has 0 radical (unpaired) electrons. The van der Waals surface area contributed by atoms with Crippen LogP contribution < -0.4 is 10.2 Å². The van der Waals surface area contributed by atoms with Gasteiger partial charge in [-0.15, -0.1) is 0 Å². The van der Waals surface area contributed by atoms with Crippen LogP contribution in [0.15, 0.2) is 24.3 Å². The molecule has 1 aliphatic heterocycles. The molecule has 4 nitrogen and oxygen atoms in total. The summed E-state index contributed by atoms with van der Waals surface area (Å²) in [6.45, 7) is 0.304. The number of piperidine rings is 1. The van der Waals surface area contributed by atoms with Gasteiger partial charge in [-0.2, -0.15) is 13.2 Å². The van der Waals surface area contributed by atoms with Gasteiger partial charge in [-0.3, -0.25) is 9.59 Å². The molecular weight excluding hydrogens is 309 g/mol. The minimum absolute atomic E-state index is 0.0879.